The van der Waals surface area contributed by atoms with Crippen LogP contribution in [0.25, 0.3) is 0 Å². The van der Waals surface area contributed by atoms with Gasteiger partial charge >= 0.3 is 0 Å². The predicted molar refractivity (Wildman–Crippen MR) is 90.6 cm³/mol. The topological polar surface area (TPSA) is 70.9 Å². The summed E-state index contributed by atoms with van der Waals surface area (Å²) in [6.07, 6.45) is 1.60. The van der Waals surface area contributed by atoms with E-state index in [0.29, 0.717) is 10.6 Å². The van der Waals surface area contributed by atoms with Crippen LogP contribution in [0, 0.1) is 0 Å². The van der Waals surface area contributed by atoms with Gasteiger partial charge < -0.3 is 9.84 Å². The number of phenols is 1. The van der Waals surface area contributed by atoms with E-state index in [2.05, 4.69) is 10.5 Å². The number of carbonyl (C=O) groups is 1. The van der Waals surface area contributed by atoms with Crippen molar-refractivity contribution in [1.29, 1.82) is 0 Å². The first-order valence-corrected chi connectivity index (χ1v) is 7.38. The average Bonchev–Trinajstić information content (AvgIpc) is 2.53. The van der Waals surface area contributed by atoms with Gasteiger partial charge in [0.05, 0.1) is 24.8 Å². The summed E-state index contributed by atoms with van der Waals surface area (Å²) in [7, 11) is 1.42. The van der Waals surface area contributed by atoms with Gasteiger partial charge in [-0.25, -0.2) is 5.43 Å². The molecule has 1 amide bonds. The lowest BCUT2D eigenvalue weighted by Gasteiger charge is -2.06. The van der Waals surface area contributed by atoms with E-state index < -0.39 is 0 Å². The molecule has 2 aromatic rings. The van der Waals surface area contributed by atoms with E-state index >= 15 is 0 Å². The number of carbonyl (C=O) groups excluding carboxylic acids is 1. The highest BCUT2D eigenvalue weighted by Gasteiger charge is 2.08. The minimum atomic E-state index is -0.264. The molecule has 0 aromatic heterocycles. The third-order valence-electron chi connectivity index (χ3n) is 2.95. The fraction of sp³-hybridized carbons (Fsp3) is 0.125. The molecule has 23 heavy (non-hydrogen) atoms. The Bertz CT molecular complexity index is 731. The Balaban J connectivity index is 1.97. The Morgan fingerprint density at radius 1 is 1.30 bits per heavy atom. The predicted octanol–water partition coefficient (Wildman–Crippen LogP) is 3.40. The number of nitrogens with one attached hydrogen (secondary N) is 1. The molecule has 0 atom stereocenters. The highest BCUT2D eigenvalue weighted by atomic mass is 35.5. The van der Waals surface area contributed by atoms with Crippen LogP contribution in [0.15, 0.2) is 41.5 Å². The maximum Gasteiger partial charge on any atom is 0.244 e. The molecule has 0 unspecified atom stereocenters. The zero-order valence-electron chi connectivity index (χ0n) is 12.2. The second-order valence-corrected chi connectivity index (χ2v) is 5.49. The number of benzene rings is 2. The monoisotopic (exact) mass is 352 g/mol. The fourth-order valence-corrected chi connectivity index (χ4v) is 2.18. The van der Waals surface area contributed by atoms with Crippen LogP contribution in [-0.2, 0) is 11.2 Å². The minimum Gasteiger partial charge on any atom is -0.503 e. The van der Waals surface area contributed by atoms with E-state index in [9.17, 15) is 9.90 Å². The third-order valence-corrected chi connectivity index (χ3v) is 3.49. The van der Waals surface area contributed by atoms with Gasteiger partial charge in [-0.15, -0.1) is 0 Å². The summed E-state index contributed by atoms with van der Waals surface area (Å²) < 4.78 is 4.99. The smallest absolute Gasteiger partial charge is 0.244 e. The van der Waals surface area contributed by atoms with Gasteiger partial charge in [0.15, 0.2) is 11.5 Å². The zero-order valence-corrected chi connectivity index (χ0v) is 13.7. The second kappa shape index (κ2) is 7.85. The number of hydrogen-bond acceptors (Lipinski definition) is 4. The molecule has 0 radical (unpaired) electrons. The highest BCUT2D eigenvalue weighted by Crippen LogP contribution is 2.34. The maximum atomic E-state index is 11.8. The van der Waals surface area contributed by atoms with Crippen molar-refractivity contribution in [2.45, 2.75) is 6.42 Å². The van der Waals surface area contributed by atoms with Crippen molar-refractivity contribution in [2.24, 2.45) is 5.10 Å². The summed E-state index contributed by atoms with van der Waals surface area (Å²) in [6, 6.07) is 10.0. The van der Waals surface area contributed by atoms with Gasteiger partial charge in [0.25, 0.3) is 0 Å². The number of ether oxygens (including phenoxy) is 1. The molecule has 5 nitrogen and oxygen atoms in total. The molecule has 0 aliphatic heterocycles. The van der Waals surface area contributed by atoms with Gasteiger partial charge in [0, 0.05) is 5.02 Å². The molecule has 0 aliphatic rings. The van der Waals surface area contributed by atoms with Gasteiger partial charge in [0.1, 0.15) is 0 Å². The lowest BCUT2D eigenvalue weighted by atomic mass is 10.1. The molecule has 0 fully saturated rings. The fourth-order valence-electron chi connectivity index (χ4n) is 1.83. The number of hydrazone groups is 1. The van der Waals surface area contributed by atoms with Crippen molar-refractivity contribution in [3.63, 3.8) is 0 Å². The van der Waals surface area contributed by atoms with Crippen LogP contribution < -0.4 is 10.2 Å². The van der Waals surface area contributed by atoms with Crippen molar-refractivity contribution in [3.05, 3.63) is 57.6 Å². The third kappa shape index (κ3) is 4.87. The Hall–Kier alpha value is -2.24. The maximum absolute atomic E-state index is 11.8. The normalized spacial score (nSPS) is 10.7. The van der Waals surface area contributed by atoms with E-state index in [0.717, 1.165) is 5.56 Å². The van der Waals surface area contributed by atoms with E-state index in [1.54, 1.807) is 30.3 Å². The molecule has 2 rings (SSSR count). The van der Waals surface area contributed by atoms with Crippen LogP contribution in [0.3, 0.4) is 0 Å². The van der Waals surface area contributed by atoms with Crippen LogP contribution in [0.5, 0.6) is 11.5 Å². The summed E-state index contributed by atoms with van der Waals surface area (Å²) in [4.78, 5) is 11.8. The lowest BCUT2D eigenvalue weighted by molar-refractivity contribution is -0.120. The zero-order chi connectivity index (χ0) is 16.8. The first-order chi connectivity index (χ1) is 11.0. The van der Waals surface area contributed by atoms with E-state index in [-0.39, 0.29) is 28.8 Å². The number of nitrogens with zero attached hydrogens (tertiary/aromatic N) is 1. The van der Waals surface area contributed by atoms with Crippen molar-refractivity contribution in [3.8, 4) is 11.5 Å². The Kier molecular flexibility index (Phi) is 5.84. The summed E-state index contributed by atoms with van der Waals surface area (Å²) in [6.45, 7) is 0. The molecule has 2 N–H and O–H groups in total. The molecule has 0 bridgehead atoms. The van der Waals surface area contributed by atoms with Crippen molar-refractivity contribution >= 4 is 35.3 Å². The number of amides is 1. The molecule has 0 saturated carbocycles. The number of hydrogen-bond donors (Lipinski definition) is 2. The number of methoxy groups -OCH3 is 1. The highest BCUT2D eigenvalue weighted by molar-refractivity contribution is 6.32. The summed E-state index contributed by atoms with van der Waals surface area (Å²) in [5.41, 5.74) is 3.83. The van der Waals surface area contributed by atoms with Crippen LogP contribution >= 0.6 is 23.2 Å². The van der Waals surface area contributed by atoms with Crippen LogP contribution in [0.4, 0.5) is 0 Å². The van der Waals surface area contributed by atoms with Crippen molar-refractivity contribution in [1.82, 2.24) is 5.43 Å². The molecule has 0 spiro atoms. The minimum absolute atomic E-state index is 0.137. The number of aromatic hydroxyl groups is 1. The van der Waals surface area contributed by atoms with Crippen molar-refractivity contribution < 1.29 is 14.6 Å². The molecular formula is C16H14Cl2N2O3. The summed E-state index contributed by atoms with van der Waals surface area (Å²) >= 11 is 11.7. The Labute approximate surface area is 143 Å². The van der Waals surface area contributed by atoms with E-state index in [4.69, 9.17) is 27.9 Å². The first-order valence-electron chi connectivity index (χ1n) is 6.62. The van der Waals surface area contributed by atoms with Gasteiger partial charge in [-0.2, -0.15) is 5.10 Å². The molecule has 0 saturated heterocycles. The van der Waals surface area contributed by atoms with Gasteiger partial charge in [-0.3, -0.25) is 4.79 Å². The van der Waals surface area contributed by atoms with Crippen LogP contribution in [-0.4, -0.2) is 24.3 Å². The summed E-state index contributed by atoms with van der Waals surface area (Å²) in [5, 5.41) is 14.2. The van der Waals surface area contributed by atoms with Crippen LogP contribution in [0.1, 0.15) is 11.1 Å². The SMILES string of the molecule is COc1cc(/C=N\NC(=O)Cc2ccc(Cl)cc2)cc(Cl)c1O. The molecular weight excluding hydrogens is 339 g/mol. The van der Waals surface area contributed by atoms with Crippen molar-refractivity contribution in [2.75, 3.05) is 7.11 Å². The second-order valence-electron chi connectivity index (χ2n) is 4.65. The largest absolute Gasteiger partial charge is 0.503 e. The first kappa shape index (κ1) is 17.1. The quantitative estimate of drug-likeness (QED) is 0.639. The molecule has 0 heterocycles. The number of phenolic OH excluding ortho intramolecular Hbond substituents is 1. The lowest BCUT2D eigenvalue weighted by Crippen LogP contribution is -2.19. The summed E-state index contributed by atoms with van der Waals surface area (Å²) in [5.74, 6) is -0.176. The Morgan fingerprint density at radius 2 is 2.00 bits per heavy atom. The molecule has 120 valence electrons. The van der Waals surface area contributed by atoms with Crippen LogP contribution in [0.2, 0.25) is 10.0 Å². The molecule has 7 heteroatoms. The Morgan fingerprint density at radius 3 is 2.65 bits per heavy atom. The van der Waals surface area contributed by atoms with Gasteiger partial charge in [-0.1, -0.05) is 35.3 Å². The van der Waals surface area contributed by atoms with E-state index in [1.165, 1.54) is 19.4 Å². The van der Waals surface area contributed by atoms with Gasteiger partial charge in [-0.05, 0) is 35.4 Å². The number of rotatable bonds is 5. The average molecular weight is 353 g/mol. The standard InChI is InChI=1S/C16H14Cl2N2O3/c1-23-14-7-11(6-13(18)16(14)22)9-19-20-15(21)8-10-2-4-12(17)5-3-10/h2-7,9,22H,8H2,1H3,(H,20,21)/b19-9-. The van der Waals surface area contributed by atoms with E-state index in [1.807, 2.05) is 0 Å². The van der Waals surface area contributed by atoms with Gasteiger partial charge in [0.2, 0.25) is 5.91 Å². The molecule has 0 aliphatic carbocycles. The molecule has 2 aromatic carbocycles. The number of halogens is 2.